The summed E-state index contributed by atoms with van der Waals surface area (Å²) in [6.45, 7) is 18.6. The van der Waals surface area contributed by atoms with Crippen LogP contribution in [0.25, 0.3) is 33.4 Å². The third-order valence-electron chi connectivity index (χ3n) is 18.9. The van der Waals surface area contributed by atoms with Gasteiger partial charge in [0.05, 0.1) is 0 Å². The van der Waals surface area contributed by atoms with Gasteiger partial charge in [-0.1, -0.05) is 273 Å². The Morgan fingerprint density at radius 2 is 0.662 bits per heavy atom. The molecule has 0 saturated carbocycles. The Morgan fingerprint density at radius 1 is 0.325 bits per heavy atom. The SMILES string of the molecule is CCCCCCCCC1(CCCCCCCC)c2cc(C)ccc2-c2cc3c(cc21)-c1ccc(-c2ccc(N(c4ccc(C)cc4)c4ccc(C(C)CC)cc4)cc2)cc1C3(CCCCCCCC)CCCCCCCC. The van der Waals surface area contributed by atoms with Gasteiger partial charge in [0.1, 0.15) is 0 Å². The maximum atomic E-state index is 2.83. The molecule has 0 amide bonds. The fraction of sp³-hybridized carbons (Fsp3) is 0.526. The van der Waals surface area contributed by atoms with E-state index in [-0.39, 0.29) is 10.8 Å². The Balaban J connectivity index is 1.24. The zero-order chi connectivity index (χ0) is 54.0. The largest absolute Gasteiger partial charge is 0.311 e. The summed E-state index contributed by atoms with van der Waals surface area (Å²) in [5, 5.41) is 0. The maximum absolute atomic E-state index is 2.83. The first-order valence-corrected chi connectivity index (χ1v) is 32.2. The summed E-state index contributed by atoms with van der Waals surface area (Å²) in [6, 6.07) is 49.0. The van der Waals surface area contributed by atoms with Crippen LogP contribution in [0, 0.1) is 13.8 Å². The van der Waals surface area contributed by atoms with Crippen LogP contribution in [0.2, 0.25) is 0 Å². The Labute approximate surface area is 471 Å². The molecular weight excluding hydrogens is 927 g/mol. The Morgan fingerprint density at radius 3 is 1.09 bits per heavy atom. The van der Waals surface area contributed by atoms with Crippen molar-refractivity contribution in [3.8, 4) is 33.4 Å². The van der Waals surface area contributed by atoms with E-state index in [1.807, 2.05) is 0 Å². The van der Waals surface area contributed by atoms with Crippen LogP contribution in [0.3, 0.4) is 0 Å². The lowest BCUT2D eigenvalue weighted by molar-refractivity contribution is 0.394. The van der Waals surface area contributed by atoms with Gasteiger partial charge in [0.15, 0.2) is 0 Å². The average Bonchev–Trinajstić information content (AvgIpc) is 4.04. The fourth-order valence-electron chi connectivity index (χ4n) is 14.1. The minimum atomic E-state index is -0.0104. The second-order valence-corrected chi connectivity index (χ2v) is 24.6. The van der Waals surface area contributed by atoms with Crippen molar-refractivity contribution in [2.24, 2.45) is 0 Å². The molecule has 0 fully saturated rings. The summed E-state index contributed by atoms with van der Waals surface area (Å²) in [5.41, 5.74) is 23.2. The second kappa shape index (κ2) is 28.8. The Hall–Kier alpha value is -4.88. The molecule has 0 aromatic heterocycles. The minimum Gasteiger partial charge on any atom is -0.311 e. The van der Waals surface area contributed by atoms with Gasteiger partial charge in [-0.25, -0.2) is 0 Å². The first-order chi connectivity index (χ1) is 37.7. The molecule has 412 valence electrons. The van der Waals surface area contributed by atoms with Crippen LogP contribution >= 0.6 is 0 Å². The van der Waals surface area contributed by atoms with Gasteiger partial charge in [0.2, 0.25) is 0 Å². The number of unbranched alkanes of at least 4 members (excludes halogenated alkanes) is 20. The molecule has 6 aromatic rings. The Bertz CT molecular complexity index is 2680. The van der Waals surface area contributed by atoms with E-state index < -0.39 is 0 Å². The highest BCUT2D eigenvalue weighted by molar-refractivity contribution is 5.91. The minimum absolute atomic E-state index is 0.0104. The van der Waals surface area contributed by atoms with Gasteiger partial charge in [0.25, 0.3) is 0 Å². The third-order valence-corrected chi connectivity index (χ3v) is 18.9. The molecule has 1 atom stereocenters. The summed E-state index contributed by atoms with van der Waals surface area (Å²) in [4.78, 5) is 2.44. The molecule has 2 aliphatic carbocycles. The van der Waals surface area contributed by atoms with Crippen molar-refractivity contribution in [1.82, 2.24) is 0 Å². The van der Waals surface area contributed by atoms with Crippen molar-refractivity contribution in [1.29, 1.82) is 0 Å². The number of fused-ring (bicyclic) bond motifs is 6. The Kier molecular flexibility index (Phi) is 21.8. The molecule has 1 unspecified atom stereocenters. The number of benzene rings is 6. The number of hydrogen-bond acceptors (Lipinski definition) is 1. The maximum Gasteiger partial charge on any atom is 0.0462 e. The van der Waals surface area contributed by atoms with Crippen molar-refractivity contribution < 1.29 is 0 Å². The van der Waals surface area contributed by atoms with Gasteiger partial charge in [0, 0.05) is 27.9 Å². The summed E-state index contributed by atoms with van der Waals surface area (Å²) in [7, 11) is 0. The summed E-state index contributed by atoms with van der Waals surface area (Å²) in [5.74, 6) is 0.548. The lowest BCUT2D eigenvalue weighted by Gasteiger charge is -2.35. The van der Waals surface area contributed by atoms with E-state index in [9.17, 15) is 0 Å². The van der Waals surface area contributed by atoms with Gasteiger partial charge >= 0.3 is 0 Å². The molecule has 0 radical (unpaired) electrons. The quantitative estimate of drug-likeness (QED) is 0.0364. The zero-order valence-electron chi connectivity index (χ0n) is 50.1. The summed E-state index contributed by atoms with van der Waals surface area (Å²) >= 11 is 0. The molecule has 1 heteroatoms. The predicted octanol–water partition coefficient (Wildman–Crippen LogP) is 24.5. The topological polar surface area (TPSA) is 3.24 Å². The van der Waals surface area contributed by atoms with Crippen LogP contribution in [-0.4, -0.2) is 0 Å². The van der Waals surface area contributed by atoms with E-state index in [0.717, 1.165) is 6.42 Å². The van der Waals surface area contributed by atoms with Crippen molar-refractivity contribution in [3.05, 3.63) is 160 Å². The standard InChI is InChI=1S/C76H103N/c1-9-14-18-22-26-30-50-75(51-31-27-23-19-15-10-2)71-54-59(7)36-48-67(71)69-56-74-70(57-73(69)75)68-49-41-63(55-72(68)76(74,52-32-28-24-20-16-11-3)53-33-29-25-21-17-12-4)62-39-46-66(47-40-62)77(64-42-34-58(6)35-43-64)65-44-37-61(38-45-65)60(8)13-5/h34-49,54-57,60H,9-33,50-53H2,1-8H3. The molecule has 6 aromatic carbocycles. The van der Waals surface area contributed by atoms with E-state index in [1.165, 1.54) is 230 Å². The van der Waals surface area contributed by atoms with E-state index in [4.69, 9.17) is 0 Å². The molecule has 1 nitrogen and oxygen atoms in total. The van der Waals surface area contributed by atoms with Crippen LogP contribution < -0.4 is 4.90 Å². The molecule has 0 saturated heterocycles. The molecule has 0 heterocycles. The highest BCUT2D eigenvalue weighted by atomic mass is 15.1. The molecule has 2 aliphatic rings. The molecule has 0 aliphatic heterocycles. The molecule has 77 heavy (non-hydrogen) atoms. The molecule has 0 spiro atoms. The third kappa shape index (κ3) is 13.8. The normalized spacial score (nSPS) is 14.1. The van der Waals surface area contributed by atoms with Crippen LogP contribution in [0.1, 0.15) is 273 Å². The van der Waals surface area contributed by atoms with Crippen molar-refractivity contribution in [3.63, 3.8) is 0 Å². The second-order valence-electron chi connectivity index (χ2n) is 24.6. The number of nitrogens with zero attached hydrogens (tertiary/aromatic N) is 1. The van der Waals surface area contributed by atoms with Crippen molar-refractivity contribution in [2.75, 3.05) is 4.90 Å². The predicted molar refractivity (Wildman–Crippen MR) is 339 cm³/mol. The fourth-order valence-corrected chi connectivity index (χ4v) is 14.1. The summed E-state index contributed by atoms with van der Waals surface area (Å²) in [6.07, 6.45) is 38.3. The van der Waals surface area contributed by atoms with Crippen LogP contribution in [-0.2, 0) is 10.8 Å². The summed E-state index contributed by atoms with van der Waals surface area (Å²) < 4.78 is 0. The first kappa shape index (κ1) is 58.3. The van der Waals surface area contributed by atoms with Crippen molar-refractivity contribution >= 4 is 17.1 Å². The smallest absolute Gasteiger partial charge is 0.0462 e. The monoisotopic (exact) mass is 1030 g/mol. The number of rotatable bonds is 34. The van der Waals surface area contributed by atoms with E-state index in [1.54, 1.807) is 38.9 Å². The van der Waals surface area contributed by atoms with Crippen molar-refractivity contribution in [2.45, 2.75) is 258 Å². The zero-order valence-corrected chi connectivity index (χ0v) is 50.1. The van der Waals surface area contributed by atoms with E-state index >= 15 is 0 Å². The van der Waals surface area contributed by atoms with Gasteiger partial charge in [-0.05, 0) is 168 Å². The van der Waals surface area contributed by atoms with Crippen LogP contribution in [0.5, 0.6) is 0 Å². The first-order valence-electron chi connectivity index (χ1n) is 32.2. The molecule has 0 N–H and O–H groups in total. The van der Waals surface area contributed by atoms with Crippen LogP contribution in [0.4, 0.5) is 17.1 Å². The molecule has 8 rings (SSSR count). The molecular formula is C76H103N. The number of anilines is 3. The number of hydrogen-bond donors (Lipinski definition) is 0. The number of aryl methyl sites for hydroxylation is 2. The highest BCUT2D eigenvalue weighted by Crippen LogP contribution is 2.61. The lowest BCUT2D eigenvalue weighted by Crippen LogP contribution is -2.27. The van der Waals surface area contributed by atoms with Crippen LogP contribution in [0.15, 0.2) is 121 Å². The van der Waals surface area contributed by atoms with Gasteiger partial charge in [-0.3, -0.25) is 0 Å². The van der Waals surface area contributed by atoms with Gasteiger partial charge in [-0.15, -0.1) is 0 Å². The highest BCUT2D eigenvalue weighted by Gasteiger charge is 2.48. The lowest BCUT2D eigenvalue weighted by atomic mass is 9.68. The van der Waals surface area contributed by atoms with E-state index in [2.05, 4.69) is 182 Å². The van der Waals surface area contributed by atoms with Gasteiger partial charge < -0.3 is 4.90 Å². The average molecular weight is 1030 g/mol. The van der Waals surface area contributed by atoms with E-state index in [0.29, 0.717) is 5.92 Å². The molecule has 0 bridgehead atoms. The van der Waals surface area contributed by atoms with Gasteiger partial charge in [-0.2, -0.15) is 0 Å².